The minimum Gasteiger partial charge on any atom is -0.460 e. The molecule has 108 heavy (non-hydrogen) atoms. The lowest BCUT2D eigenvalue weighted by Crippen LogP contribution is -2.16. The zero-order valence-electron chi connectivity index (χ0n) is 59.7. The van der Waals surface area contributed by atoms with Crippen LogP contribution in [0.2, 0.25) is 0 Å². The number of carbonyl (C=O) groups excluding carboxylic acids is 6. The Morgan fingerprint density at radius 3 is 0.491 bits per heavy atom. The summed E-state index contributed by atoms with van der Waals surface area (Å²) in [7, 11) is -12.9. The maximum atomic E-state index is 12.7. The predicted molar refractivity (Wildman–Crippen MR) is 407 cm³/mol. The van der Waals surface area contributed by atoms with Gasteiger partial charge in [0, 0.05) is 36.5 Å². The number of esters is 6. The fraction of sp³-hybridized carbons (Fsp3) is 0.308. The molecule has 1 heterocycles. The molecule has 576 valence electrons. The van der Waals surface area contributed by atoms with Crippen molar-refractivity contribution < 1.29 is 113 Å². The summed E-state index contributed by atoms with van der Waals surface area (Å²) in [6.45, 7) is -3.68. The van der Waals surface area contributed by atoms with E-state index in [0.29, 0.717) is 0 Å². The van der Waals surface area contributed by atoms with Crippen molar-refractivity contribution in [2.24, 2.45) is 13.5 Å². The molecular weight excluding hydrogens is 1460 g/mol. The standard InChI is InChI=1S/C78H90N3O24P3/c82-73(37-31-67-19-7-1-8-20-67)94-55-43-88-49-61-100-106(101-62-50-89-44-56-95-74(83)38-32-68-21-9-2-10-22-68)79-107(102-63-51-90-45-57-96-75(84)39-33-69-23-11-3-12-24-69,103-64-52-91-46-58-97-76(85)40-34-70-25-13-4-14-26-70)81-108(80-106,104-65-53-92-47-59-98-77(86)41-35-71-27-15-5-16-28-71)105-66-54-93-48-60-99-78(87)42-36-72-29-17-6-18-30-72/h1-42H,43-66H2/b37-31+,38-32+,39-33+,40-34+,41-35+,42-36+. The molecule has 0 aliphatic carbocycles. The molecule has 6 aromatic rings. The fourth-order valence-electron chi connectivity index (χ4n) is 8.67. The van der Waals surface area contributed by atoms with Crippen molar-refractivity contribution in [3.8, 4) is 0 Å². The van der Waals surface area contributed by atoms with Crippen molar-refractivity contribution in [3.05, 3.63) is 252 Å². The minimum atomic E-state index is -4.29. The lowest BCUT2D eigenvalue weighted by molar-refractivity contribution is -0.140. The Balaban J connectivity index is 1.15. The molecule has 27 nitrogen and oxygen atoms in total. The Bertz CT molecular complexity index is 3320. The second kappa shape index (κ2) is 52.7. The second-order valence-corrected chi connectivity index (χ2v) is 28.5. The highest BCUT2D eigenvalue weighted by molar-refractivity contribution is 7.78. The van der Waals surface area contributed by atoms with Crippen molar-refractivity contribution in [1.82, 2.24) is 0 Å². The molecule has 30 heteroatoms. The van der Waals surface area contributed by atoms with Gasteiger partial charge in [0.25, 0.3) is 0 Å². The highest BCUT2D eigenvalue weighted by Gasteiger charge is 2.43. The molecule has 0 atom stereocenters. The summed E-state index contributed by atoms with van der Waals surface area (Å²) in [6.07, 6.45) is 17.6. The van der Waals surface area contributed by atoms with E-state index in [9.17, 15) is 28.8 Å². The normalized spacial score (nSPS) is 13.7. The van der Waals surface area contributed by atoms with Gasteiger partial charge >= 0.3 is 58.8 Å². The van der Waals surface area contributed by atoms with E-state index in [1.165, 1.54) is 36.5 Å². The van der Waals surface area contributed by atoms with Gasteiger partial charge in [0.15, 0.2) is 0 Å². The molecule has 0 bridgehead atoms. The number of rotatable bonds is 54. The van der Waals surface area contributed by atoms with Crippen LogP contribution in [0.15, 0.2) is 232 Å². The zero-order valence-corrected chi connectivity index (χ0v) is 62.4. The van der Waals surface area contributed by atoms with Gasteiger partial charge < -0.3 is 84.0 Å². The highest BCUT2D eigenvalue weighted by atomic mass is 31.3. The maximum Gasteiger partial charge on any atom is 0.349 e. The molecule has 0 saturated heterocycles. The Labute approximate surface area is 629 Å². The quantitative estimate of drug-likeness (QED) is 0.0113. The smallest absolute Gasteiger partial charge is 0.349 e. The summed E-state index contributed by atoms with van der Waals surface area (Å²) in [5, 5.41) is 0. The van der Waals surface area contributed by atoms with Gasteiger partial charge in [-0.3, -0.25) is 0 Å². The first-order chi connectivity index (χ1) is 53.0. The predicted octanol–water partition coefficient (Wildman–Crippen LogP) is 13.6. The summed E-state index contributed by atoms with van der Waals surface area (Å²) in [5.74, 6) is -3.56. The van der Waals surface area contributed by atoms with E-state index >= 15 is 0 Å². The van der Waals surface area contributed by atoms with Crippen LogP contribution in [-0.2, 0) is 113 Å². The van der Waals surface area contributed by atoms with E-state index < -0.39 is 58.8 Å². The molecule has 0 spiro atoms. The van der Waals surface area contributed by atoms with E-state index in [0.717, 1.165) is 33.4 Å². The van der Waals surface area contributed by atoms with Gasteiger partial charge in [-0.2, -0.15) is 0 Å². The summed E-state index contributed by atoms with van der Waals surface area (Å²) in [4.78, 5) is 75.9. The lowest BCUT2D eigenvalue weighted by Gasteiger charge is -2.33. The van der Waals surface area contributed by atoms with Crippen LogP contribution in [0, 0.1) is 0 Å². The Kier molecular flexibility index (Phi) is 42.0. The monoisotopic (exact) mass is 1550 g/mol. The molecule has 1 aliphatic heterocycles. The van der Waals surface area contributed by atoms with E-state index in [2.05, 4.69) is 0 Å². The van der Waals surface area contributed by atoms with Crippen molar-refractivity contribution in [2.45, 2.75) is 0 Å². The van der Waals surface area contributed by atoms with Crippen LogP contribution in [0.25, 0.3) is 36.5 Å². The summed E-state index contributed by atoms with van der Waals surface area (Å²) >= 11 is 0. The highest BCUT2D eigenvalue weighted by Crippen LogP contribution is 2.80. The number of hydrogen-bond donors (Lipinski definition) is 0. The van der Waals surface area contributed by atoms with Crippen LogP contribution in [0.3, 0.4) is 0 Å². The van der Waals surface area contributed by atoms with Crippen molar-refractivity contribution in [1.29, 1.82) is 0 Å². The van der Waals surface area contributed by atoms with Gasteiger partial charge in [-0.1, -0.05) is 182 Å². The molecular formula is C78H90N3O24P3. The average molecular weight is 1550 g/mol. The molecule has 0 fully saturated rings. The average Bonchev–Trinajstić information content (AvgIpc) is 0.747. The first-order valence-electron chi connectivity index (χ1n) is 34.6. The summed E-state index contributed by atoms with van der Waals surface area (Å²) in [6, 6.07) is 55.4. The fourth-order valence-corrected chi connectivity index (χ4v) is 18.1. The van der Waals surface area contributed by atoms with Crippen molar-refractivity contribution in [3.63, 3.8) is 0 Å². The molecule has 0 amide bonds. The number of benzene rings is 6. The molecule has 0 saturated carbocycles. The topological polar surface area (TPSA) is 306 Å². The molecule has 0 N–H and O–H groups in total. The Morgan fingerprint density at radius 2 is 0.343 bits per heavy atom. The summed E-state index contributed by atoms with van der Waals surface area (Å²) < 4.78 is 123. The zero-order chi connectivity index (χ0) is 75.9. The van der Waals surface area contributed by atoms with Gasteiger partial charge in [0.05, 0.1) is 119 Å². The van der Waals surface area contributed by atoms with E-state index in [1.807, 2.05) is 182 Å². The van der Waals surface area contributed by atoms with Gasteiger partial charge in [-0.25, -0.2) is 28.8 Å². The van der Waals surface area contributed by atoms with Crippen LogP contribution in [0.4, 0.5) is 0 Å². The molecule has 0 aromatic heterocycles. The van der Waals surface area contributed by atoms with Gasteiger partial charge in [-0.05, 0) is 69.8 Å². The van der Waals surface area contributed by atoms with E-state index in [4.69, 9.17) is 97.5 Å². The van der Waals surface area contributed by atoms with Crippen LogP contribution >= 0.6 is 23.0 Å². The third kappa shape index (κ3) is 38.0. The van der Waals surface area contributed by atoms with Gasteiger partial charge in [0.2, 0.25) is 0 Å². The molecule has 0 unspecified atom stereocenters. The number of nitrogens with zero attached hydrogens (tertiary/aromatic N) is 3. The number of ether oxygens (including phenoxy) is 12. The first kappa shape index (κ1) is 86.0. The summed E-state index contributed by atoms with van der Waals surface area (Å²) in [5.41, 5.74) is 4.83. The molecule has 7 rings (SSSR count). The molecule has 6 aromatic carbocycles. The Hall–Kier alpha value is -9.21. The van der Waals surface area contributed by atoms with E-state index in [1.54, 1.807) is 36.5 Å². The molecule has 0 radical (unpaired) electrons. The largest absolute Gasteiger partial charge is 0.460 e. The van der Waals surface area contributed by atoms with Crippen LogP contribution in [-0.4, -0.2) is 194 Å². The van der Waals surface area contributed by atoms with Crippen LogP contribution in [0.1, 0.15) is 33.4 Å². The SMILES string of the molecule is O=C(/C=C/c1ccccc1)OCCOCCOP1(OCCOCCOC(=O)/C=C/c2ccccc2)=NP(OCCOCCOC(=O)/C=C/c2ccccc2)(OCCOCCOC(=O)/C=C/c2ccccc2)=NP(OCCOCCOC(=O)/C=C/c2ccccc2)(OCCOCCOC(=O)/C=C/c2ccccc2)=N1. The van der Waals surface area contributed by atoms with Gasteiger partial charge in [-0.15, -0.1) is 13.5 Å². The Morgan fingerprint density at radius 1 is 0.204 bits per heavy atom. The first-order valence-corrected chi connectivity index (χ1v) is 39.2. The number of hydrogen-bond acceptors (Lipinski definition) is 27. The number of carbonyl (C=O) groups is 6. The van der Waals surface area contributed by atoms with Crippen LogP contribution in [0.5, 0.6) is 0 Å². The van der Waals surface area contributed by atoms with Crippen molar-refractivity contribution in [2.75, 3.05) is 159 Å². The third-order valence-corrected chi connectivity index (χ3v) is 22.2. The van der Waals surface area contributed by atoms with Gasteiger partial charge in [0.1, 0.15) is 39.6 Å². The molecule has 1 aliphatic rings. The minimum absolute atomic E-state index is 0.0582. The second-order valence-electron chi connectivity index (χ2n) is 21.9. The third-order valence-electron chi connectivity index (χ3n) is 13.7. The van der Waals surface area contributed by atoms with E-state index in [-0.39, 0.29) is 159 Å². The maximum absolute atomic E-state index is 12.7. The lowest BCUT2D eigenvalue weighted by atomic mass is 10.2. The van der Waals surface area contributed by atoms with Crippen LogP contribution < -0.4 is 0 Å². The van der Waals surface area contributed by atoms with Crippen molar-refractivity contribution >= 4 is 95.2 Å².